The quantitative estimate of drug-likeness (QED) is 0.728. The molecule has 0 saturated carbocycles. The van der Waals surface area contributed by atoms with E-state index in [1.54, 1.807) is 0 Å². The maximum atomic E-state index is 6.01. The minimum atomic E-state index is 0.0526. The van der Waals surface area contributed by atoms with Crippen LogP contribution in [0.5, 0.6) is 0 Å². The van der Waals surface area contributed by atoms with Crippen LogP contribution in [0, 0.1) is 0 Å². The van der Waals surface area contributed by atoms with Crippen molar-refractivity contribution in [3.8, 4) is 0 Å². The van der Waals surface area contributed by atoms with E-state index in [2.05, 4.69) is 17.1 Å². The topological polar surface area (TPSA) is 33.7 Å². The highest BCUT2D eigenvalue weighted by Crippen LogP contribution is 2.34. The summed E-state index contributed by atoms with van der Waals surface area (Å²) in [5.74, 6) is 0. The molecule has 1 N–H and O–H groups in total. The molecule has 3 saturated heterocycles. The molecule has 17 heavy (non-hydrogen) atoms. The number of hydrogen-bond acceptors (Lipinski definition) is 4. The zero-order valence-corrected chi connectivity index (χ0v) is 10.8. The standard InChI is InChI=1S/C13H24N2O2/c1-11-9-15(5-4-14-11)12-2-6-17-13(8-12)3-7-16-10-13/h11-12,14H,2-10H2,1H3/t11-,12?,13?/m1/s1. The maximum Gasteiger partial charge on any atom is 0.0951 e. The molecule has 3 fully saturated rings. The van der Waals surface area contributed by atoms with E-state index in [1.807, 2.05) is 0 Å². The van der Waals surface area contributed by atoms with Gasteiger partial charge in [-0.3, -0.25) is 4.90 Å². The lowest BCUT2D eigenvalue weighted by Gasteiger charge is -2.44. The fourth-order valence-electron chi connectivity index (χ4n) is 3.47. The Kier molecular flexibility index (Phi) is 3.39. The number of nitrogens with one attached hydrogen (secondary N) is 1. The van der Waals surface area contributed by atoms with Gasteiger partial charge in [-0.25, -0.2) is 0 Å². The highest BCUT2D eigenvalue weighted by atomic mass is 16.6. The first-order valence-electron chi connectivity index (χ1n) is 6.97. The van der Waals surface area contributed by atoms with E-state index in [9.17, 15) is 0 Å². The fourth-order valence-corrected chi connectivity index (χ4v) is 3.47. The van der Waals surface area contributed by atoms with Crippen LogP contribution < -0.4 is 5.32 Å². The highest BCUT2D eigenvalue weighted by Gasteiger charge is 2.42. The molecule has 4 nitrogen and oxygen atoms in total. The van der Waals surface area contributed by atoms with Crippen molar-refractivity contribution >= 4 is 0 Å². The van der Waals surface area contributed by atoms with E-state index in [0.717, 1.165) is 32.8 Å². The van der Waals surface area contributed by atoms with E-state index in [-0.39, 0.29) is 5.60 Å². The Morgan fingerprint density at radius 1 is 1.35 bits per heavy atom. The van der Waals surface area contributed by atoms with Crippen molar-refractivity contribution in [3.05, 3.63) is 0 Å². The van der Waals surface area contributed by atoms with E-state index in [4.69, 9.17) is 9.47 Å². The first-order chi connectivity index (χ1) is 8.27. The molecule has 0 bridgehead atoms. The Hall–Kier alpha value is -0.160. The van der Waals surface area contributed by atoms with Gasteiger partial charge in [-0.15, -0.1) is 0 Å². The SMILES string of the molecule is C[C@@H]1CN(C2CCOC3(CCOC3)C2)CCN1. The van der Waals surface area contributed by atoms with Crippen LogP contribution in [0.4, 0.5) is 0 Å². The van der Waals surface area contributed by atoms with Crippen LogP contribution in [0.1, 0.15) is 26.2 Å². The average molecular weight is 240 g/mol. The van der Waals surface area contributed by atoms with Gasteiger partial charge in [0.2, 0.25) is 0 Å². The summed E-state index contributed by atoms with van der Waals surface area (Å²) in [6, 6.07) is 1.33. The van der Waals surface area contributed by atoms with Crippen molar-refractivity contribution < 1.29 is 9.47 Å². The molecule has 98 valence electrons. The molecule has 0 radical (unpaired) electrons. The number of ether oxygens (including phenoxy) is 2. The number of piperazine rings is 1. The lowest BCUT2D eigenvalue weighted by molar-refractivity contribution is -0.108. The van der Waals surface area contributed by atoms with Gasteiger partial charge in [-0.05, 0) is 19.8 Å². The van der Waals surface area contributed by atoms with E-state index in [1.165, 1.54) is 25.9 Å². The molecule has 3 heterocycles. The summed E-state index contributed by atoms with van der Waals surface area (Å²) in [4.78, 5) is 2.66. The van der Waals surface area contributed by atoms with E-state index < -0.39 is 0 Å². The van der Waals surface area contributed by atoms with Crippen LogP contribution in [0.3, 0.4) is 0 Å². The zero-order chi connectivity index (χ0) is 11.7. The molecule has 3 rings (SSSR count). The highest BCUT2D eigenvalue weighted by molar-refractivity contribution is 4.94. The summed E-state index contributed by atoms with van der Waals surface area (Å²) in [7, 11) is 0. The Bertz CT molecular complexity index is 266. The largest absolute Gasteiger partial charge is 0.378 e. The molecule has 3 aliphatic rings. The van der Waals surface area contributed by atoms with Gasteiger partial charge in [0.25, 0.3) is 0 Å². The van der Waals surface area contributed by atoms with Crippen molar-refractivity contribution in [2.75, 3.05) is 39.5 Å². The van der Waals surface area contributed by atoms with Crippen LogP contribution >= 0.6 is 0 Å². The van der Waals surface area contributed by atoms with Crippen LogP contribution in [0.2, 0.25) is 0 Å². The monoisotopic (exact) mass is 240 g/mol. The Morgan fingerprint density at radius 2 is 2.29 bits per heavy atom. The van der Waals surface area contributed by atoms with Crippen molar-refractivity contribution in [3.63, 3.8) is 0 Å². The van der Waals surface area contributed by atoms with Gasteiger partial charge in [0, 0.05) is 51.4 Å². The number of rotatable bonds is 1. The lowest BCUT2D eigenvalue weighted by atomic mass is 9.88. The number of nitrogens with zero attached hydrogens (tertiary/aromatic N) is 1. The van der Waals surface area contributed by atoms with Gasteiger partial charge >= 0.3 is 0 Å². The fraction of sp³-hybridized carbons (Fsp3) is 1.00. The summed E-state index contributed by atoms with van der Waals surface area (Å²) in [5, 5.41) is 3.51. The first kappa shape index (κ1) is 11.9. The van der Waals surface area contributed by atoms with Crippen molar-refractivity contribution in [2.45, 2.75) is 43.9 Å². The van der Waals surface area contributed by atoms with Gasteiger partial charge in [-0.1, -0.05) is 0 Å². The Morgan fingerprint density at radius 3 is 3.06 bits per heavy atom. The van der Waals surface area contributed by atoms with Crippen molar-refractivity contribution in [2.24, 2.45) is 0 Å². The molecular formula is C13H24N2O2. The average Bonchev–Trinajstić information content (AvgIpc) is 2.77. The second-order valence-electron chi connectivity index (χ2n) is 5.83. The summed E-state index contributed by atoms with van der Waals surface area (Å²) in [5.41, 5.74) is 0.0526. The Balaban J connectivity index is 1.62. The van der Waals surface area contributed by atoms with Crippen LogP contribution in [-0.2, 0) is 9.47 Å². The predicted molar refractivity (Wildman–Crippen MR) is 66.2 cm³/mol. The third kappa shape index (κ3) is 2.50. The predicted octanol–water partition coefficient (Wildman–Crippen LogP) is 0.618. The molecule has 0 aromatic heterocycles. The number of hydrogen-bond donors (Lipinski definition) is 1. The molecular weight excluding hydrogens is 216 g/mol. The van der Waals surface area contributed by atoms with Crippen molar-refractivity contribution in [1.82, 2.24) is 10.2 Å². The van der Waals surface area contributed by atoms with Gasteiger partial charge in [0.1, 0.15) is 0 Å². The first-order valence-corrected chi connectivity index (χ1v) is 6.97. The smallest absolute Gasteiger partial charge is 0.0951 e. The molecule has 0 aromatic rings. The molecule has 2 unspecified atom stereocenters. The lowest BCUT2D eigenvalue weighted by Crippen LogP contribution is -2.56. The second kappa shape index (κ2) is 4.84. The Labute approximate surface area is 104 Å². The molecule has 0 amide bonds. The molecule has 0 aliphatic carbocycles. The van der Waals surface area contributed by atoms with Gasteiger partial charge in [-0.2, -0.15) is 0 Å². The van der Waals surface area contributed by atoms with Gasteiger partial charge < -0.3 is 14.8 Å². The maximum absolute atomic E-state index is 6.01. The van der Waals surface area contributed by atoms with Gasteiger partial charge in [0.15, 0.2) is 0 Å². The molecule has 3 aliphatic heterocycles. The van der Waals surface area contributed by atoms with E-state index in [0.29, 0.717) is 12.1 Å². The molecule has 4 heteroatoms. The molecule has 1 spiro atoms. The minimum Gasteiger partial charge on any atom is -0.378 e. The summed E-state index contributed by atoms with van der Waals surface area (Å²) in [6.07, 6.45) is 3.44. The zero-order valence-electron chi connectivity index (χ0n) is 10.8. The van der Waals surface area contributed by atoms with E-state index >= 15 is 0 Å². The molecule has 0 aromatic carbocycles. The molecule has 3 atom stereocenters. The third-order valence-corrected chi connectivity index (χ3v) is 4.45. The summed E-state index contributed by atoms with van der Waals surface area (Å²) in [6.45, 7) is 8.37. The normalized spacial score (nSPS) is 44.3. The van der Waals surface area contributed by atoms with Gasteiger partial charge in [0.05, 0.1) is 12.2 Å². The van der Waals surface area contributed by atoms with Crippen LogP contribution in [-0.4, -0.2) is 62.0 Å². The second-order valence-corrected chi connectivity index (χ2v) is 5.83. The summed E-state index contributed by atoms with van der Waals surface area (Å²) < 4.78 is 11.5. The third-order valence-electron chi connectivity index (χ3n) is 4.45. The minimum absolute atomic E-state index is 0.0526. The summed E-state index contributed by atoms with van der Waals surface area (Å²) >= 11 is 0. The van der Waals surface area contributed by atoms with Crippen LogP contribution in [0.15, 0.2) is 0 Å². The van der Waals surface area contributed by atoms with Crippen LogP contribution in [0.25, 0.3) is 0 Å². The van der Waals surface area contributed by atoms with Crippen molar-refractivity contribution in [1.29, 1.82) is 0 Å².